The molecule has 0 unspecified atom stereocenters. The van der Waals surface area contributed by atoms with E-state index in [2.05, 4.69) is 10.5 Å². The number of alkyl halides is 1. The smallest absolute Gasteiger partial charge is 0.196 e. The van der Waals surface area contributed by atoms with Gasteiger partial charge in [-0.3, -0.25) is 4.79 Å². The Kier molecular flexibility index (Phi) is 2.19. The van der Waals surface area contributed by atoms with Gasteiger partial charge in [0, 0.05) is 5.38 Å². The Morgan fingerprint density at radius 3 is 3.22 bits per heavy atom. The lowest BCUT2D eigenvalue weighted by Crippen LogP contribution is -1.99. The first-order valence-corrected chi connectivity index (χ1v) is 3.66. The van der Waals surface area contributed by atoms with E-state index in [0.717, 1.165) is 0 Å². The van der Waals surface area contributed by atoms with Gasteiger partial charge in [0.1, 0.15) is 5.69 Å². The summed E-state index contributed by atoms with van der Waals surface area (Å²) in [5, 5.41) is 1.63. The average molecular weight is 161 g/mol. The van der Waals surface area contributed by atoms with Gasteiger partial charge in [0.05, 0.1) is 5.88 Å². The molecule has 0 aromatic carbocycles. The van der Waals surface area contributed by atoms with E-state index < -0.39 is 0 Å². The molecule has 0 N–H and O–H groups in total. The Balaban J connectivity index is 2.77. The molecule has 1 aromatic rings. The van der Waals surface area contributed by atoms with Gasteiger partial charge in [-0.1, -0.05) is 0 Å². The van der Waals surface area contributed by atoms with Gasteiger partial charge in [0.25, 0.3) is 0 Å². The van der Waals surface area contributed by atoms with Gasteiger partial charge in [0.2, 0.25) is 0 Å². The van der Waals surface area contributed by atoms with Crippen molar-refractivity contribution >= 4 is 28.7 Å². The molecule has 0 fully saturated rings. The number of hydrogen-bond donors (Lipinski definition) is 0. The number of aromatic nitrogens is 1. The summed E-state index contributed by atoms with van der Waals surface area (Å²) in [6.45, 7) is 0. The predicted molar refractivity (Wildman–Crippen MR) is 36.0 cm³/mol. The molecule has 0 aliphatic rings. The predicted octanol–water partition coefficient (Wildman–Crippen LogP) is 1.36. The number of thiazole rings is 1. The Hall–Kier alpha value is -0.410. The topological polar surface area (TPSA) is 30.0 Å². The van der Waals surface area contributed by atoms with Crippen LogP contribution < -0.4 is 0 Å². The molecule has 1 heterocycles. The highest BCUT2D eigenvalue weighted by molar-refractivity contribution is 7.07. The van der Waals surface area contributed by atoms with Crippen LogP contribution in [0.25, 0.3) is 0 Å². The maximum Gasteiger partial charge on any atom is 0.196 e. The highest BCUT2D eigenvalue weighted by Crippen LogP contribution is 2.01. The normalized spacial score (nSPS) is 9.44. The summed E-state index contributed by atoms with van der Waals surface area (Å²) in [6, 6.07) is 0. The zero-order chi connectivity index (χ0) is 6.69. The van der Waals surface area contributed by atoms with Crippen LogP contribution in [0, 0.1) is 5.51 Å². The van der Waals surface area contributed by atoms with Crippen LogP contribution in [0.1, 0.15) is 10.5 Å². The fourth-order valence-electron chi connectivity index (χ4n) is 0.381. The minimum Gasteiger partial charge on any atom is -0.291 e. The lowest BCUT2D eigenvalue weighted by atomic mass is 10.4. The Morgan fingerprint density at radius 1 is 2.00 bits per heavy atom. The largest absolute Gasteiger partial charge is 0.291 e. The lowest BCUT2D eigenvalue weighted by molar-refractivity contribution is 0.101. The molecular formula is C5H3ClNOS. The maximum absolute atomic E-state index is 10.7. The number of rotatable bonds is 2. The SMILES string of the molecule is O=C(CCl)c1cs[c]n1. The van der Waals surface area contributed by atoms with E-state index in [-0.39, 0.29) is 11.7 Å². The molecule has 0 bridgehead atoms. The van der Waals surface area contributed by atoms with Crippen LogP contribution in [0.2, 0.25) is 0 Å². The third kappa shape index (κ3) is 1.50. The first-order valence-electron chi connectivity index (χ1n) is 2.25. The molecule has 2 nitrogen and oxygen atoms in total. The zero-order valence-electron chi connectivity index (χ0n) is 4.43. The van der Waals surface area contributed by atoms with Crippen LogP contribution in [0.15, 0.2) is 5.38 Å². The van der Waals surface area contributed by atoms with Crippen LogP contribution in [-0.2, 0) is 0 Å². The first kappa shape index (κ1) is 6.71. The second-order valence-electron chi connectivity index (χ2n) is 1.38. The molecular weight excluding hydrogens is 158 g/mol. The van der Waals surface area contributed by atoms with Gasteiger partial charge in [-0.15, -0.1) is 22.9 Å². The average Bonchev–Trinajstić information content (AvgIpc) is 2.37. The summed E-state index contributed by atoms with van der Waals surface area (Å²) in [6.07, 6.45) is 0. The lowest BCUT2D eigenvalue weighted by Gasteiger charge is -1.83. The number of nitrogens with zero attached hydrogens (tertiary/aromatic N) is 1. The minimum atomic E-state index is -0.144. The van der Waals surface area contributed by atoms with Crippen LogP contribution in [0.4, 0.5) is 0 Å². The number of carbonyl (C=O) groups is 1. The van der Waals surface area contributed by atoms with E-state index in [1.165, 1.54) is 11.3 Å². The molecule has 0 saturated carbocycles. The monoisotopic (exact) mass is 160 g/mol. The summed E-state index contributed by atoms with van der Waals surface area (Å²) in [5.74, 6) is -0.147. The molecule has 0 saturated heterocycles. The van der Waals surface area contributed by atoms with E-state index in [4.69, 9.17) is 11.6 Å². The highest BCUT2D eigenvalue weighted by atomic mass is 35.5. The number of carbonyl (C=O) groups excluding carboxylic acids is 1. The Labute approximate surface area is 61.5 Å². The zero-order valence-corrected chi connectivity index (χ0v) is 6.00. The van der Waals surface area contributed by atoms with Crippen molar-refractivity contribution in [1.29, 1.82) is 0 Å². The van der Waals surface area contributed by atoms with Crippen molar-refractivity contribution in [3.05, 3.63) is 16.6 Å². The fraction of sp³-hybridized carbons (Fsp3) is 0.200. The molecule has 0 amide bonds. The van der Waals surface area contributed by atoms with Gasteiger partial charge in [-0.25, -0.2) is 4.98 Å². The summed E-state index contributed by atoms with van der Waals surface area (Å²) in [7, 11) is 0. The van der Waals surface area contributed by atoms with Crippen molar-refractivity contribution in [2.75, 3.05) is 5.88 Å². The van der Waals surface area contributed by atoms with E-state index in [0.29, 0.717) is 5.69 Å². The third-order valence-electron chi connectivity index (χ3n) is 0.796. The standard InChI is InChI=1S/C5H3ClNOS/c6-1-5(8)4-2-9-3-7-4/h2H,1H2. The fourth-order valence-corrected chi connectivity index (χ4v) is 1.02. The number of Topliss-reactive ketones (excluding diaryl/α,β-unsaturated/α-hetero) is 1. The second-order valence-corrected chi connectivity index (χ2v) is 2.30. The van der Waals surface area contributed by atoms with Gasteiger partial charge in [-0.05, 0) is 0 Å². The summed E-state index contributed by atoms with van der Waals surface area (Å²) >= 11 is 6.51. The van der Waals surface area contributed by atoms with E-state index in [1.54, 1.807) is 5.38 Å². The first-order chi connectivity index (χ1) is 4.34. The third-order valence-corrected chi connectivity index (χ3v) is 1.58. The van der Waals surface area contributed by atoms with Crippen LogP contribution >= 0.6 is 22.9 Å². The Morgan fingerprint density at radius 2 is 2.78 bits per heavy atom. The number of halogens is 1. The second kappa shape index (κ2) is 2.94. The van der Waals surface area contributed by atoms with Crippen molar-refractivity contribution in [3.63, 3.8) is 0 Å². The van der Waals surface area contributed by atoms with Crippen molar-refractivity contribution in [2.45, 2.75) is 0 Å². The van der Waals surface area contributed by atoms with E-state index in [1.807, 2.05) is 0 Å². The van der Waals surface area contributed by atoms with Crippen molar-refractivity contribution < 1.29 is 4.79 Å². The van der Waals surface area contributed by atoms with Crippen molar-refractivity contribution in [3.8, 4) is 0 Å². The molecule has 9 heavy (non-hydrogen) atoms. The van der Waals surface area contributed by atoms with Gasteiger partial charge >= 0.3 is 0 Å². The molecule has 4 heteroatoms. The van der Waals surface area contributed by atoms with Crippen molar-refractivity contribution in [1.82, 2.24) is 4.98 Å². The molecule has 0 aliphatic carbocycles. The Bertz CT molecular complexity index is 197. The molecule has 0 aliphatic heterocycles. The highest BCUT2D eigenvalue weighted by Gasteiger charge is 2.03. The van der Waals surface area contributed by atoms with Gasteiger partial charge in [-0.2, -0.15) is 0 Å². The van der Waals surface area contributed by atoms with E-state index in [9.17, 15) is 4.79 Å². The summed E-state index contributed by atoms with van der Waals surface area (Å²) < 4.78 is 0. The van der Waals surface area contributed by atoms with Crippen molar-refractivity contribution in [2.24, 2.45) is 0 Å². The molecule has 0 spiro atoms. The van der Waals surface area contributed by atoms with Crippen LogP contribution in [0.5, 0.6) is 0 Å². The number of hydrogen-bond acceptors (Lipinski definition) is 3. The molecule has 0 atom stereocenters. The van der Waals surface area contributed by atoms with Gasteiger partial charge < -0.3 is 0 Å². The quantitative estimate of drug-likeness (QED) is 0.483. The molecule has 1 radical (unpaired) electrons. The maximum atomic E-state index is 10.7. The van der Waals surface area contributed by atoms with Crippen LogP contribution in [-0.4, -0.2) is 16.6 Å². The minimum absolute atomic E-state index is 0.00241. The summed E-state index contributed by atoms with van der Waals surface area (Å²) in [4.78, 5) is 14.3. The molecule has 1 aromatic heterocycles. The summed E-state index contributed by atoms with van der Waals surface area (Å²) in [5.41, 5.74) is 2.97. The molecule has 47 valence electrons. The molecule has 1 rings (SSSR count). The van der Waals surface area contributed by atoms with Crippen LogP contribution in [0.3, 0.4) is 0 Å². The van der Waals surface area contributed by atoms with E-state index >= 15 is 0 Å². The van der Waals surface area contributed by atoms with Gasteiger partial charge in [0.15, 0.2) is 11.3 Å². The number of ketones is 1.